The molecule has 1 atom stereocenters. The molecule has 0 aliphatic heterocycles. The van der Waals surface area contributed by atoms with E-state index in [9.17, 15) is 0 Å². The lowest BCUT2D eigenvalue weighted by Gasteiger charge is -2.09. The monoisotopic (exact) mass is 267 g/mol. The summed E-state index contributed by atoms with van der Waals surface area (Å²) in [6.45, 7) is 0. The van der Waals surface area contributed by atoms with Gasteiger partial charge in [-0.15, -0.1) is 0 Å². The van der Waals surface area contributed by atoms with Gasteiger partial charge < -0.3 is 14.9 Å². The maximum absolute atomic E-state index is 6.24. The van der Waals surface area contributed by atoms with Crippen molar-refractivity contribution in [1.82, 2.24) is 0 Å². The lowest BCUT2D eigenvalue weighted by Crippen LogP contribution is -2.12. The third-order valence-corrected chi connectivity index (χ3v) is 3.42. The first-order chi connectivity index (χ1) is 9.76. The van der Waals surface area contributed by atoms with E-state index >= 15 is 0 Å². The molecular formula is C17H17NO2. The molecule has 0 radical (unpaired) electrons. The Morgan fingerprint density at radius 2 is 1.85 bits per heavy atom. The van der Waals surface area contributed by atoms with Gasteiger partial charge in [-0.1, -0.05) is 30.3 Å². The van der Waals surface area contributed by atoms with Crippen molar-refractivity contribution < 1.29 is 9.15 Å². The average molecular weight is 267 g/mol. The molecule has 1 aromatic heterocycles. The van der Waals surface area contributed by atoms with Gasteiger partial charge in [-0.2, -0.15) is 0 Å². The summed E-state index contributed by atoms with van der Waals surface area (Å²) >= 11 is 0. The maximum atomic E-state index is 6.24. The van der Waals surface area contributed by atoms with Gasteiger partial charge in [-0.05, 0) is 36.2 Å². The number of nitrogens with two attached hydrogens (primary N) is 1. The Morgan fingerprint density at radius 1 is 1.10 bits per heavy atom. The van der Waals surface area contributed by atoms with Crippen LogP contribution in [0, 0.1) is 0 Å². The number of hydrogen-bond acceptors (Lipinski definition) is 3. The van der Waals surface area contributed by atoms with Gasteiger partial charge in [0, 0.05) is 5.39 Å². The number of ether oxygens (including phenoxy) is 1. The Morgan fingerprint density at radius 3 is 2.55 bits per heavy atom. The van der Waals surface area contributed by atoms with E-state index in [2.05, 4.69) is 0 Å². The van der Waals surface area contributed by atoms with Crippen LogP contribution in [0.15, 0.2) is 59.0 Å². The van der Waals surface area contributed by atoms with Crippen molar-refractivity contribution in [1.29, 1.82) is 0 Å². The zero-order chi connectivity index (χ0) is 13.9. The molecule has 2 aromatic carbocycles. The van der Waals surface area contributed by atoms with E-state index < -0.39 is 0 Å². The topological polar surface area (TPSA) is 48.4 Å². The van der Waals surface area contributed by atoms with Gasteiger partial charge in [0.1, 0.15) is 17.1 Å². The molecule has 1 heterocycles. The van der Waals surface area contributed by atoms with Crippen molar-refractivity contribution in [3.8, 4) is 5.75 Å². The average Bonchev–Trinajstić information content (AvgIpc) is 2.92. The van der Waals surface area contributed by atoms with Gasteiger partial charge in [0.2, 0.25) is 0 Å². The van der Waals surface area contributed by atoms with Crippen LogP contribution in [0.2, 0.25) is 0 Å². The molecule has 0 saturated heterocycles. The van der Waals surface area contributed by atoms with Gasteiger partial charge in [0.15, 0.2) is 0 Å². The van der Waals surface area contributed by atoms with E-state index in [1.165, 1.54) is 5.56 Å². The molecule has 3 nitrogen and oxygen atoms in total. The molecule has 2 N–H and O–H groups in total. The van der Waals surface area contributed by atoms with E-state index in [1.807, 2.05) is 54.6 Å². The summed E-state index contributed by atoms with van der Waals surface area (Å²) in [4.78, 5) is 0. The summed E-state index contributed by atoms with van der Waals surface area (Å²) in [6.07, 6.45) is 0.740. The van der Waals surface area contributed by atoms with Crippen LogP contribution in [0.25, 0.3) is 11.0 Å². The minimum atomic E-state index is -0.143. The number of rotatable bonds is 4. The Hall–Kier alpha value is -2.26. The summed E-state index contributed by atoms with van der Waals surface area (Å²) in [5, 5.41) is 1.09. The third kappa shape index (κ3) is 2.53. The fourth-order valence-corrected chi connectivity index (χ4v) is 2.30. The maximum Gasteiger partial charge on any atom is 0.134 e. The van der Waals surface area contributed by atoms with Gasteiger partial charge >= 0.3 is 0 Å². The van der Waals surface area contributed by atoms with Gasteiger partial charge in [0.05, 0.1) is 13.2 Å². The summed E-state index contributed by atoms with van der Waals surface area (Å²) in [6, 6.07) is 17.8. The molecule has 0 bridgehead atoms. The molecule has 1 unspecified atom stereocenters. The molecule has 0 aliphatic rings. The first-order valence-electron chi connectivity index (χ1n) is 6.63. The van der Waals surface area contributed by atoms with E-state index in [0.29, 0.717) is 0 Å². The van der Waals surface area contributed by atoms with E-state index in [-0.39, 0.29) is 6.04 Å². The molecule has 0 aliphatic carbocycles. The molecule has 3 heteroatoms. The van der Waals surface area contributed by atoms with Crippen molar-refractivity contribution in [3.05, 3.63) is 65.9 Å². The predicted molar refractivity (Wildman–Crippen MR) is 79.8 cm³/mol. The minimum Gasteiger partial charge on any atom is -0.497 e. The second-order valence-electron chi connectivity index (χ2n) is 4.85. The van der Waals surface area contributed by atoms with E-state index in [0.717, 1.165) is 28.9 Å². The van der Waals surface area contributed by atoms with Crippen molar-refractivity contribution >= 4 is 11.0 Å². The zero-order valence-electron chi connectivity index (χ0n) is 11.4. The highest BCUT2D eigenvalue weighted by Gasteiger charge is 2.12. The second kappa shape index (κ2) is 5.39. The van der Waals surface area contributed by atoms with Crippen LogP contribution < -0.4 is 10.5 Å². The molecule has 0 spiro atoms. The van der Waals surface area contributed by atoms with Crippen LogP contribution in [0.3, 0.4) is 0 Å². The number of methoxy groups -OCH3 is 1. The molecule has 3 rings (SSSR count). The third-order valence-electron chi connectivity index (χ3n) is 3.42. The SMILES string of the molecule is COc1ccc(CC(N)c2cc3ccccc3o2)cc1. The molecular weight excluding hydrogens is 250 g/mol. The zero-order valence-corrected chi connectivity index (χ0v) is 11.4. The molecule has 0 saturated carbocycles. The molecule has 3 aromatic rings. The van der Waals surface area contributed by atoms with Crippen LogP contribution in [-0.2, 0) is 6.42 Å². The first-order valence-corrected chi connectivity index (χ1v) is 6.63. The number of benzene rings is 2. The quantitative estimate of drug-likeness (QED) is 0.784. The first kappa shape index (κ1) is 12.8. The summed E-state index contributed by atoms with van der Waals surface area (Å²) < 4.78 is 10.9. The predicted octanol–water partition coefficient (Wildman–Crippen LogP) is 3.68. The van der Waals surface area contributed by atoms with Crippen LogP contribution >= 0.6 is 0 Å². The Kier molecular flexibility index (Phi) is 3.44. The van der Waals surface area contributed by atoms with E-state index in [4.69, 9.17) is 14.9 Å². The Labute approximate surface area is 118 Å². The number of furan rings is 1. The molecule has 102 valence electrons. The smallest absolute Gasteiger partial charge is 0.134 e. The standard InChI is InChI=1S/C17H17NO2/c1-19-14-8-6-12(7-9-14)10-15(18)17-11-13-4-2-3-5-16(13)20-17/h2-9,11,15H,10,18H2,1H3. The molecule has 0 amide bonds. The van der Waals surface area contributed by atoms with Crippen LogP contribution in [0.4, 0.5) is 0 Å². The van der Waals surface area contributed by atoms with Crippen molar-refractivity contribution in [2.45, 2.75) is 12.5 Å². The Balaban J connectivity index is 1.79. The van der Waals surface area contributed by atoms with E-state index in [1.54, 1.807) is 7.11 Å². The normalized spacial score (nSPS) is 12.5. The number of fused-ring (bicyclic) bond motifs is 1. The van der Waals surface area contributed by atoms with Gasteiger partial charge in [-0.3, -0.25) is 0 Å². The largest absolute Gasteiger partial charge is 0.497 e. The number of hydrogen-bond donors (Lipinski definition) is 1. The highest BCUT2D eigenvalue weighted by atomic mass is 16.5. The minimum absolute atomic E-state index is 0.143. The highest BCUT2D eigenvalue weighted by molar-refractivity contribution is 5.77. The molecule has 20 heavy (non-hydrogen) atoms. The Bertz CT molecular complexity index is 667. The number of para-hydroxylation sites is 1. The summed E-state index contributed by atoms with van der Waals surface area (Å²) in [5.41, 5.74) is 8.28. The second-order valence-corrected chi connectivity index (χ2v) is 4.85. The summed E-state index contributed by atoms with van der Waals surface area (Å²) in [7, 11) is 1.66. The van der Waals surface area contributed by atoms with Gasteiger partial charge in [-0.25, -0.2) is 0 Å². The fraction of sp³-hybridized carbons (Fsp3) is 0.176. The van der Waals surface area contributed by atoms with Crippen LogP contribution in [0.5, 0.6) is 5.75 Å². The van der Waals surface area contributed by atoms with Crippen molar-refractivity contribution in [3.63, 3.8) is 0 Å². The fourth-order valence-electron chi connectivity index (χ4n) is 2.30. The summed E-state index contributed by atoms with van der Waals surface area (Å²) in [5.74, 6) is 1.67. The van der Waals surface area contributed by atoms with Crippen LogP contribution in [-0.4, -0.2) is 7.11 Å². The highest BCUT2D eigenvalue weighted by Crippen LogP contribution is 2.25. The van der Waals surface area contributed by atoms with Crippen molar-refractivity contribution in [2.75, 3.05) is 7.11 Å². The van der Waals surface area contributed by atoms with Gasteiger partial charge in [0.25, 0.3) is 0 Å². The lowest BCUT2D eigenvalue weighted by molar-refractivity contribution is 0.414. The van der Waals surface area contributed by atoms with Crippen molar-refractivity contribution in [2.24, 2.45) is 5.73 Å². The lowest BCUT2D eigenvalue weighted by atomic mass is 10.0. The molecule has 0 fully saturated rings. The van der Waals surface area contributed by atoms with Crippen LogP contribution in [0.1, 0.15) is 17.4 Å².